The summed E-state index contributed by atoms with van der Waals surface area (Å²) in [4.78, 5) is 12.1. The van der Waals surface area contributed by atoms with E-state index in [9.17, 15) is 13.2 Å². The number of carbonyl (C=O) groups excluding carboxylic acids is 1. The van der Waals surface area contributed by atoms with Gasteiger partial charge in [-0.25, -0.2) is 13.1 Å². The minimum Gasteiger partial charge on any atom is -0.302 e. The number of allylic oxidation sites excluding steroid dienone is 1. The highest BCUT2D eigenvalue weighted by Crippen LogP contribution is 2.28. The van der Waals surface area contributed by atoms with Gasteiger partial charge in [-0.15, -0.1) is 0 Å². The molecule has 0 spiro atoms. The first-order valence-electron chi connectivity index (χ1n) is 8.95. The molecule has 0 fully saturated rings. The van der Waals surface area contributed by atoms with Crippen LogP contribution in [-0.2, 0) is 14.8 Å². The second-order valence-electron chi connectivity index (χ2n) is 7.24. The molecule has 0 radical (unpaired) electrons. The maximum Gasteiger partial charge on any atom is 0.241 e. The van der Waals surface area contributed by atoms with E-state index in [1.807, 2.05) is 44.2 Å². The fraction of sp³-hybridized carbons (Fsp3) is 0.286. The maximum atomic E-state index is 12.8. The van der Waals surface area contributed by atoms with E-state index >= 15 is 0 Å². The zero-order valence-electron chi connectivity index (χ0n) is 16.2. The van der Waals surface area contributed by atoms with Crippen LogP contribution < -0.4 is 9.91 Å². The van der Waals surface area contributed by atoms with Crippen LogP contribution in [0.25, 0.3) is 0 Å². The number of rotatable bonds is 8. The van der Waals surface area contributed by atoms with Crippen molar-refractivity contribution in [2.75, 3.05) is 0 Å². The lowest BCUT2D eigenvalue weighted by Gasteiger charge is -2.34. The molecule has 0 saturated heterocycles. The molecule has 2 aromatic carbocycles. The molecular weight excluding hydrogens is 374 g/mol. The van der Waals surface area contributed by atoms with Crippen molar-refractivity contribution in [3.63, 3.8) is 0 Å². The summed E-state index contributed by atoms with van der Waals surface area (Å²) in [6.07, 6.45) is 4.56. The van der Waals surface area contributed by atoms with E-state index in [2.05, 4.69) is 29.9 Å². The van der Waals surface area contributed by atoms with E-state index in [0.29, 0.717) is 6.29 Å². The predicted molar refractivity (Wildman–Crippen MR) is 113 cm³/mol. The molecule has 0 aliphatic rings. The Labute approximate surface area is 163 Å². The van der Waals surface area contributed by atoms with Crippen molar-refractivity contribution in [2.45, 2.75) is 43.4 Å². The number of aldehydes is 1. The smallest absolute Gasteiger partial charge is 0.241 e. The number of hydrogen-bond donors (Lipinski definition) is 1. The van der Waals surface area contributed by atoms with Crippen LogP contribution in [0.5, 0.6) is 0 Å². The van der Waals surface area contributed by atoms with Crippen molar-refractivity contribution in [1.29, 1.82) is 0 Å². The third-order valence-electron chi connectivity index (χ3n) is 4.91. The first kappa shape index (κ1) is 21.3. The molecule has 0 aliphatic heterocycles. The molecule has 2 rings (SSSR count). The van der Waals surface area contributed by atoms with Crippen LogP contribution in [0.4, 0.5) is 0 Å². The normalized spacial score (nSPS) is 14.8. The lowest BCUT2D eigenvalue weighted by atomic mass is 10.2. The summed E-state index contributed by atoms with van der Waals surface area (Å²) in [5.41, 5.74) is 0.771. The summed E-state index contributed by atoms with van der Waals surface area (Å²) in [7, 11) is -5.96. The van der Waals surface area contributed by atoms with Crippen LogP contribution in [0.15, 0.2) is 71.6 Å². The average molecular weight is 402 g/mol. The molecule has 1 N–H and O–H groups in total. The van der Waals surface area contributed by atoms with Gasteiger partial charge >= 0.3 is 0 Å². The molecule has 0 amide bonds. The number of benzene rings is 2. The minimum absolute atomic E-state index is 0.165. The standard InChI is InChI=1S/C21H27NO3SSi/c1-5-9-21(27(3,4)19-10-7-6-8-11-19)20(16-23)22-26(24,25)18-14-12-17(2)13-15-18/h5-16,20-22H,1-4H3/b9-5+/t20-,21+/m1/s1. The molecule has 0 aliphatic carbocycles. The summed E-state index contributed by atoms with van der Waals surface area (Å²) in [6, 6.07) is 15.8. The van der Waals surface area contributed by atoms with Crippen LogP contribution in [0.1, 0.15) is 12.5 Å². The second-order valence-corrected chi connectivity index (χ2v) is 13.6. The van der Waals surface area contributed by atoms with E-state index in [1.165, 1.54) is 5.19 Å². The largest absolute Gasteiger partial charge is 0.302 e. The molecule has 27 heavy (non-hydrogen) atoms. The van der Waals surface area contributed by atoms with E-state index < -0.39 is 24.1 Å². The van der Waals surface area contributed by atoms with Gasteiger partial charge in [0.05, 0.1) is 19.0 Å². The van der Waals surface area contributed by atoms with E-state index in [0.717, 1.165) is 5.56 Å². The molecule has 0 heterocycles. The topological polar surface area (TPSA) is 63.2 Å². The van der Waals surface area contributed by atoms with Crippen molar-refractivity contribution >= 4 is 29.6 Å². The van der Waals surface area contributed by atoms with Crippen molar-refractivity contribution < 1.29 is 13.2 Å². The Kier molecular flexibility index (Phi) is 6.92. The number of aryl methyl sites for hydroxylation is 1. The Hall–Kier alpha value is -2.02. The average Bonchev–Trinajstić information content (AvgIpc) is 2.65. The number of nitrogens with one attached hydrogen (secondary N) is 1. The Morgan fingerprint density at radius 1 is 1.00 bits per heavy atom. The predicted octanol–water partition coefficient (Wildman–Crippen LogP) is 3.40. The maximum absolute atomic E-state index is 12.8. The van der Waals surface area contributed by atoms with Gasteiger partial charge in [-0.2, -0.15) is 0 Å². The molecule has 6 heteroatoms. The van der Waals surface area contributed by atoms with Crippen LogP contribution in [0, 0.1) is 6.92 Å². The Morgan fingerprint density at radius 2 is 1.59 bits per heavy atom. The van der Waals surface area contributed by atoms with E-state index in [-0.39, 0.29) is 10.4 Å². The molecule has 0 unspecified atom stereocenters. The van der Waals surface area contributed by atoms with Gasteiger partial charge in [-0.05, 0) is 31.5 Å². The second kappa shape index (κ2) is 8.78. The highest BCUT2D eigenvalue weighted by atomic mass is 32.2. The molecule has 2 atom stereocenters. The summed E-state index contributed by atoms with van der Waals surface area (Å²) in [5.74, 6) is 0. The van der Waals surface area contributed by atoms with Crippen LogP contribution in [0.3, 0.4) is 0 Å². The van der Waals surface area contributed by atoms with Crippen LogP contribution >= 0.6 is 0 Å². The SMILES string of the molecule is C/C=C/[C@@H]([C@@H](C=O)NS(=O)(=O)c1ccc(C)cc1)[Si](C)(C)c1ccccc1. The quantitative estimate of drug-likeness (QED) is 0.419. The van der Waals surface area contributed by atoms with Gasteiger partial charge in [0.2, 0.25) is 10.0 Å². The lowest BCUT2D eigenvalue weighted by Crippen LogP contribution is -2.54. The number of hydrogen-bond acceptors (Lipinski definition) is 3. The minimum atomic E-state index is -3.79. The molecule has 0 bridgehead atoms. The van der Waals surface area contributed by atoms with Crippen molar-refractivity contribution in [1.82, 2.24) is 4.72 Å². The van der Waals surface area contributed by atoms with Crippen molar-refractivity contribution in [2.24, 2.45) is 0 Å². The molecule has 0 saturated carbocycles. The van der Waals surface area contributed by atoms with Crippen LogP contribution in [-0.4, -0.2) is 28.8 Å². The number of sulfonamides is 1. The van der Waals surface area contributed by atoms with Gasteiger partial charge < -0.3 is 4.79 Å². The van der Waals surface area contributed by atoms with E-state index in [4.69, 9.17) is 0 Å². The summed E-state index contributed by atoms with van der Waals surface area (Å²) in [5, 5.41) is 1.18. The molecular formula is C21H27NO3SSi. The Bertz CT molecular complexity index is 891. The van der Waals surface area contributed by atoms with Gasteiger partial charge in [0.15, 0.2) is 0 Å². The zero-order valence-corrected chi connectivity index (χ0v) is 18.0. The van der Waals surface area contributed by atoms with Gasteiger partial charge in [-0.1, -0.05) is 78.5 Å². The summed E-state index contributed by atoms with van der Waals surface area (Å²) >= 11 is 0. The molecule has 144 valence electrons. The highest BCUT2D eigenvalue weighted by molar-refractivity contribution is 7.89. The lowest BCUT2D eigenvalue weighted by molar-refractivity contribution is -0.109. The molecule has 0 aromatic heterocycles. The summed E-state index contributed by atoms with van der Waals surface area (Å²) in [6.45, 7) is 8.10. The monoisotopic (exact) mass is 401 g/mol. The van der Waals surface area contributed by atoms with Gasteiger partial charge in [0, 0.05) is 0 Å². The first-order valence-corrected chi connectivity index (χ1v) is 13.5. The highest BCUT2D eigenvalue weighted by Gasteiger charge is 2.39. The van der Waals surface area contributed by atoms with Crippen molar-refractivity contribution in [3.8, 4) is 0 Å². The fourth-order valence-electron chi connectivity index (χ4n) is 3.23. The van der Waals surface area contributed by atoms with Crippen LogP contribution in [0.2, 0.25) is 18.6 Å². The van der Waals surface area contributed by atoms with Crippen molar-refractivity contribution in [3.05, 3.63) is 72.3 Å². The zero-order chi connectivity index (χ0) is 20.1. The van der Waals surface area contributed by atoms with Gasteiger partial charge in [0.25, 0.3) is 0 Å². The third-order valence-corrected chi connectivity index (χ3v) is 10.4. The Morgan fingerprint density at radius 3 is 2.11 bits per heavy atom. The fourth-order valence-corrected chi connectivity index (χ4v) is 7.71. The Balaban J connectivity index is 2.39. The number of carbonyl (C=O) groups is 1. The van der Waals surface area contributed by atoms with Gasteiger partial charge in [-0.3, -0.25) is 0 Å². The van der Waals surface area contributed by atoms with E-state index in [1.54, 1.807) is 24.3 Å². The molecule has 4 nitrogen and oxygen atoms in total. The molecule has 2 aromatic rings. The first-order chi connectivity index (χ1) is 12.7. The third kappa shape index (κ3) is 5.03. The summed E-state index contributed by atoms with van der Waals surface area (Å²) < 4.78 is 28.2. The van der Waals surface area contributed by atoms with Gasteiger partial charge in [0.1, 0.15) is 6.29 Å².